The van der Waals surface area contributed by atoms with Gasteiger partial charge in [-0.05, 0) is 41.3 Å². The molecule has 1 aliphatic rings. The van der Waals surface area contributed by atoms with Crippen LogP contribution in [0.15, 0.2) is 18.3 Å². The van der Waals surface area contributed by atoms with Crippen LogP contribution in [-0.4, -0.2) is 17.1 Å². The Morgan fingerprint density at radius 2 is 2.14 bits per heavy atom. The van der Waals surface area contributed by atoms with Crippen LogP contribution < -0.4 is 9.64 Å². The van der Waals surface area contributed by atoms with E-state index < -0.39 is 11.6 Å². The number of fused-ring (bicyclic) bond motifs is 1. The number of hydrogen-bond donors (Lipinski definition) is 0. The lowest BCUT2D eigenvalue weighted by molar-refractivity contribution is 0.385. The summed E-state index contributed by atoms with van der Waals surface area (Å²) in [6.45, 7) is 2.37. The normalized spacial score (nSPS) is 16.8. The highest BCUT2D eigenvalue weighted by molar-refractivity contribution is 6.28. The van der Waals surface area contributed by atoms with Crippen molar-refractivity contribution in [1.29, 1.82) is 0 Å². The summed E-state index contributed by atoms with van der Waals surface area (Å²) in [6, 6.07) is 2.92. The van der Waals surface area contributed by atoms with Crippen LogP contribution in [0.25, 0.3) is 0 Å². The highest BCUT2D eigenvalue weighted by atomic mass is 35.5. The minimum atomic E-state index is -0.553. The molecule has 0 bridgehead atoms. The third-order valence-electron chi connectivity index (χ3n) is 3.84. The van der Waals surface area contributed by atoms with Crippen molar-refractivity contribution in [3.63, 3.8) is 0 Å². The Morgan fingerprint density at radius 1 is 1.36 bits per heavy atom. The SMILES string of the molecule is CCC1c2cc(F)c(OC)cc2CN1c1nc(Cl)ncc1F. The van der Waals surface area contributed by atoms with Crippen molar-refractivity contribution in [2.75, 3.05) is 12.0 Å². The number of hydrogen-bond acceptors (Lipinski definition) is 4. The Balaban J connectivity index is 2.07. The topological polar surface area (TPSA) is 38.2 Å². The average molecular weight is 326 g/mol. The fourth-order valence-corrected chi connectivity index (χ4v) is 3.01. The molecule has 1 aromatic carbocycles. The lowest BCUT2D eigenvalue weighted by Crippen LogP contribution is -2.23. The van der Waals surface area contributed by atoms with E-state index in [1.807, 2.05) is 6.92 Å². The maximum Gasteiger partial charge on any atom is 0.224 e. The van der Waals surface area contributed by atoms with Crippen molar-refractivity contribution in [3.8, 4) is 5.75 Å². The van der Waals surface area contributed by atoms with Crippen LogP contribution in [0.1, 0.15) is 30.5 Å². The molecule has 0 saturated heterocycles. The number of anilines is 1. The van der Waals surface area contributed by atoms with Gasteiger partial charge >= 0.3 is 0 Å². The van der Waals surface area contributed by atoms with Gasteiger partial charge in [0.15, 0.2) is 23.2 Å². The van der Waals surface area contributed by atoms with E-state index in [0.717, 1.165) is 17.3 Å². The number of halogens is 3. The van der Waals surface area contributed by atoms with Gasteiger partial charge in [0.05, 0.1) is 19.3 Å². The molecule has 0 N–H and O–H groups in total. The summed E-state index contributed by atoms with van der Waals surface area (Å²) in [4.78, 5) is 9.38. The first-order chi connectivity index (χ1) is 10.5. The van der Waals surface area contributed by atoms with Crippen LogP contribution in [-0.2, 0) is 6.54 Å². The zero-order chi connectivity index (χ0) is 15.9. The van der Waals surface area contributed by atoms with Crippen molar-refractivity contribution in [3.05, 3.63) is 46.4 Å². The van der Waals surface area contributed by atoms with Crippen LogP contribution in [0.3, 0.4) is 0 Å². The molecule has 0 fully saturated rings. The van der Waals surface area contributed by atoms with E-state index in [0.29, 0.717) is 13.0 Å². The minimum absolute atomic E-state index is 0.0222. The van der Waals surface area contributed by atoms with Gasteiger partial charge in [0.1, 0.15) is 0 Å². The molecule has 0 saturated carbocycles. The molecule has 7 heteroatoms. The highest BCUT2D eigenvalue weighted by Gasteiger charge is 2.33. The lowest BCUT2D eigenvalue weighted by atomic mass is 10.0. The van der Waals surface area contributed by atoms with E-state index in [2.05, 4.69) is 9.97 Å². The van der Waals surface area contributed by atoms with Gasteiger partial charge in [-0.15, -0.1) is 0 Å². The number of ether oxygens (including phenoxy) is 1. The maximum atomic E-state index is 14.1. The van der Waals surface area contributed by atoms with E-state index in [1.165, 1.54) is 13.2 Å². The smallest absolute Gasteiger partial charge is 0.224 e. The van der Waals surface area contributed by atoms with Gasteiger partial charge in [0.2, 0.25) is 5.28 Å². The first-order valence-corrected chi connectivity index (χ1v) is 7.24. The third-order valence-corrected chi connectivity index (χ3v) is 4.03. The Morgan fingerprint density at radius 3 is 2.82 bits per heavy atom. The van der Waals surface area contributed by atoms with Crippen molar-refractivity contribution in [2.45, 2.75) is 25.9 Å². The molecule has 4 nitrogen and oxygen atoms in total. The molecule has 116 valence electrons. The molecule has 0 spiro atoms. The quantitative estimate of drug-likeness (QED) is 0.803. The summed E-state index contributed by atoms with van der Waals surface area (Å²) < 4.78 is 33.0. The van der Waals surface area contributed by atoms with Crippen LogP contribution in [0.4, 0.5) is 14.6 Å². The summed E-state index contributed by atoms with van der Waals surface area (Å²) in [5.41, 5.74) is 1.70. The fraction of sp³-hybridized carbons (Fsp3) is 0.333. The minimum Gasteiger partial charge on any atom is -0.494 e. The Kier molecular flexibility index (Phi) is 3.87. The van der Waals surface area contributed by atoms with Crippen LogP contribution in [0, 0.1) is 11.6 Å². The van der Waals surface area contributed by atoms with E-state index in [1.54, 1.807) is 11.0 Å². The number of rotatable bonds is 3. The van der Waals surface area contributed by atoms with Gasteiger partial charge in [-0.25, -0.2) is 13.8 Å². The molecular weight excluding hydrogens is 312 g/mol. The molecule has 1 aromatic heterocycles. The predicted octanol–water partition coefficient (Wildman–Crippen LogP) is 3.89. The van der Waals surface area contributed by atoms with Gasteiger partial charge in [-0.2, -0.15) is 4.98 Å². The number of nitrogens with zero attached hydrogens (tertiary/aromatic N) is 3. The van der Waals surface area contributed by atoms with Gasteiger partial charge in [-0.1, -0.05) is 6.92 Å². The van der Waals surface area contributed by atoms with Gasteiger partial charge in [-0.3, -0.25) is 0 Å². The van der Waals surface area contributed by atoms with E-state index in [9.17, 15) is 8.78 Å². The van der Waals surface area contributed by atoms with Crippen LogP contribution >= 0.6 is 11.6 Å². The second-order valence-electron chi connectivity index (χ2n) is 5.05. The molecule has 0 amide bonds. The van der Waals surface area contributed by atoms with Gasteiger partial charge < -0.3 is 9.64 Å². The number of aromatic nitrogens is 2. The van der Waals surface area contributed by atoms with E-state index in [4.69, 9.17) is 16.3 Å². The van der Waals surface area contributed by atoms with Gasteiger partial charge in [0, 0.05) is 6.54 Å². The molecule has 0 radical (unpaired) electrons. The third kappa shape index (κ3) is 2.37. The fourth-order valence-electron chi connectivity index (χ4n) is 2.88. The zero-order valence-electron chi connectivity index (χ0n) is 12.1. The highest BCUT2D eigenvalue weighted by Crippen LogP contribution is 2.41. The Labute approximate surface area is 131 Å². The second-order valence-corrected chi connectivity index (χ2v) is 5.39. The maximum absolute atomic E-state index is 14.1. The van der Waals surface area contributed by atoms with Crippen LogP contribution in [0.2, 0.25) is 5.28 Å². The Hall–Kier alpha value is -1.95. The van der Waals surface area contributed by atoms with Crippen molar-refractivity contribution >= 4 is 17.4 Å². The molecule has 22 heavy (non-hydrogen) atoms. The monoisotopic (exact) mass is 325 g/mol. The molecule has 2 aromatic rings. The summed E-state index contributed by atoms with van der Waals surface area (Å²) in [5.74, 6) is -0.676. The lowest BCUT2D eigenvalue weighted by Gasteiger charge is -2.25. The Bertz CT molecular complexity index is 726. The molecule has 1 atom stereocenters. The average Bonchev–Trinajstić information content (AvgIpc) is 2.85. The van der Waals surface area contributed by atoms with Crippen molar-refractivity contribution < 1.29 is 13.5 Å². The summed E-state index contributed by atoms with van der Waals surface area (Å²) >= 11 is 5.77. The molecule has 1 aliphatic heterocycles. The molecule has 3 rings (SSSR count). The first-order valence-electron chi connectivity index (χ1n) is 6.86. The molecule has 0 aliphatic carbocycles. The molecule has 2 heterocycles. The van der Waals surface area contributed by atoms with Crippen molar-refractivity contribution in [1.82, 2.24) is 9.97 Å². The summed E-state index contributed by atoms with van der Waals surface area (Å²) in [6.07, 6.45) is 1.72. The molecule has 1 unspecified atom stereocenters. The standard InChI is InChI=1S/C15H14ClF2N3O/c1-3-12-9-5-10(17)13(22-2)4-8(9)7-21(12)14-11(18)6-19-15(16)20-14/h4-6,12H,3,7H2,1-2H3. The van der Waals surface area contributed by atoms with E-state index in [-0.39, 0.29) is 22.9 Å². The second kappa shape index (κ2) is 5.68. The van der Waals surface area contributed by atoms with Gasteiger partial charge in [0.25, 0.3) is 0 Å². The van der Waals surface area contributed by atoms with E-state index >= 15 is 0 Å². The van der Waals surface area contributed by atoms with Crippen LogP contribution in [0.5, 0.6) is 5.75 Å². The molecular formula is C15H14ClF2N3O. The summed E-state index contributed by atoms with van der Waals surface area (Å²) in [5, 5.41) is -0.0222. The van der Waals surface area contributed by atoms with Crippen molar-refractivity contribution in [2.24, 2.45) is 0 Å². The number of methoxy groups -OCH3 is 1. The number of benzene rings is 1. The summed E-state index contributed by atoms with van der Waals surface area (Å²) in [7, 11) is 1.42. The zero-order valence-corrected chi connectivity index (χ0v) is 12.9. The largest absolute Gasteiger partial charge is 0.494 e. The first kappa shape index (κ1) is 15.0. The predicted molar refractivity (Wildman–Crippen MR) is 79.2 cm³/mol.